The second-order valence-corrected chi connectivity index (χ2v) is 7.76. The normalized spacial score (nSPS) is 16.5. The fourth-order valence-electron chi connectivity index (χ4n) is 3.29. The van der Waals surface area contributed by atoms with Crippen LogP contribution in [0.15, 0.2) is 59.1 Å². The van der Waals surface area contributed by atoms with Crippen LogP contribution < -0.4 is 10.6 Å². The number of nitrogens with zero attached hydrogens (tertiary/aromatic N) is 1. The molecule has 2 N–H and O–H groups in total. The number of rotatable bonds is 5. The van der Waals surface area contributed by atoms with E-state index in [1.165, 1.54) is 0 Å². The molecule has 0 saturated carbocycles. The molecule has 2 aromatic rings. The number of hydrogen-bond acceptors (Lipinski definition) is 3. The topological polar surface area (TPSA) is 61.4 Å². The van der Waals surface area contributed by atoms with Gasteiger partial charge < -0.3 is 10.6 Å². The first-order chi connectivity index (χ1) is 13.0. The third kappa shape index (κ3) is 5.40. The summed E-state index contributed by atoms with van der Waals surface area (Å²) in [4.78, 5) is 27.1. The summed E-state index contributed by atoms with van der Waals surface area (Å²) in [6.07, 6.45) is 1.51. The standard InChI is InChI=1S/C21H24BrN3O2/c1-15(20(26)24-19-9-5-6-17(22)14-19)25-12-10-16(11-13-25)21(27)23-18-7-3-2-4-8-18/h2-9,14-16H,10-13H2,1H3,(H,23,27)(H,24,26)/t15-/m1/s1. The van der Waals surface area contributed by atoms with Crippen LogP contribution >= 0.6 is 15.9 Å². The first-order valence-corrected chi connectivity index (χ1v) is 9.98. The molecular formula is C21H24BrN3O2. The summed E-state index contributed by atoms with van der Waals surface area (Å²) < 4.78 is 0.929. The highest BCUT2D eigenvalue weighted by Crippen LogP contribution is 2.22. The summed E-state index contributed by atoms with van der Waals surface area (Å²) in [6, 6.07) is 16.8. The van der Waals surface area contributed by atoms with Gasteiger partial charge in [-0.3, -0.25) is 14.5 Å². The van der Waals surface area contributed by atoms with Gasteiger partial charge in [0.25, 0.3) is 0 Å². The van der Waals surface area contributed by atoms with Gasteiger partial charge in [0, 0.05) is 21.8 Å². The van der Waals surface area contributed by atoms with Crippen molar-refractivity contribution in [1.29, 1.82) is 0 Å². The van der Waals surface area contributed by atoms with Crippen molar-refractivity contribution in [3.05, 3.63) is 59.1 Å². The molecule has 0 bridgehead atoms. The summed E-state index contributed by atoms with van der Waals surface area (Å²) in [5, 5.41) is 5.93. The summed E-state index contributed by atoms with van der Waals surface area (Å²) in [6.45, 7) is 3.39. The Bertz CT molecular complexity index is 789. The molecule has 0 aromatic heterocycles. The molecule has 1 aliphatic rings. The van der Waals surface area contributed by atoms with Gasteiger partial charge in [-0.15, -0.1) is 0 Å². The first kappa shape index (κ1) is 19.6. The van der Waals surface area contributed by atoms with Crippen molar-refractivity contribution in [2.45, 2.75) is 25.8 Å². The molecule has 5 nitrogen and oxygen atoms in total. The number of benzene rings is 2. The van der Waals surface area contributed by atoms with Crippen molar-refractivity contribution in [2.75, 3.05) is 23.7 Å². The van der Waals surface area contributed by atoms with Crippen LogP contribution in [-0.2, 0) is 9.59 Å². The van der Waals surface area contributed by atoms with Crippen LogP contribution in [-0.4, -0.2) is 35.8 Å². The lowest BCUT2D eigenvalue weighted by atomic mass is 9.94. The van der Waals surface area contributed by atoms with Crippen molar-refractivity contribution in [2.24, 2.45) is 5.92 Å². The Morgan fingerprint density at radius 2 is 1.67 bits per heavy atom. The van der Waals surface area contributed by atoms with Gasteiger partial charge in [-0.1, -0.05) is 40.2 Å². The molecule has 1 fully saturated rings. The minimum atomic E-state index is -0.234. The number of carbonyl (C=O) groups excluding carboxylic acids is 2. The Morgan fingerprint density at radius 3 is 2.33 bits per heavy atom. The highest BCUT2D eigenvalue weighted by Gasteiger charge is 2.29. The zero-order valence-electron chi connectivity index (χ0n) is 15.3. The molecular weight excluding hydrogens is 406 g/mol. The smallest absolute Gasteiger partial charge is 0.241 e. The molecule has 3 rings (SSSR count). The number of carbonyl (C=O) groups is 2. The minimum Gasteiger partial charge on any atom is -0.326 e. The van der Waals surface area contributed by atoms with E-state index in [0.29, 0.717) is 0 Å². The fraction of sp³-hybridized carbons (Fsp3) is 0.333. The van der Waals surface area contributed by atoms with Gasteiger partial charge in [-0.05, 0) is 63.2 Å². The van der Waals surface area contributed by atoms with Crippen LogP contribution in [0.25, 0.3) is 0 Å². The summed E-state index contributed by atoms with van der Waals surface area (Å²) in [5.74, 6) is 0.0224. The number of likely N-dealkylation sites (tertiary alicyclic amines) is 1. The number of nitrogens with one attached hydrogen (secondary N) is 2. The van der Waals surface area contributed by atoms with Gasteiger partial charge in [0.1, 0.15) is 0 Å². The van der Waals surface area contributed by atoms with Gasteiger partial charge in [0.05, 0.1) is 6.04 Å². The summed E-state index contributed by atoms with van der Waals surface area (Å²) in [5.41, 5.74) is 1.60. The van der Waals surface area contributed by atoms with Crippen LogP contribution in [0.3, 0.4) is 0 Å². The Morgan fingerprint density at radius 1 is 1.00 bits per heavy atom. The second-order valence-electron chi connectivity index (χ2n) is 6.84. The first-order valence-electron chi connectivity index (χ1n) is 9.19. The van der Waals surface area contributed by atoms with E-state index in [9.17, 15) is 9.59 Å². The Hall–Kier alpha value is -2.18. The van der Waals surface area contributed by atoms with Gasteiger partial charge in [-0.2, -0.15) is 0 Å². The van der Waals surface area contributed by atoms with E-state index in [1.54, 1.807) is 0 Å². The lowest BCUT2D eigenvalue weighted by molar-refractivity contribution is -0.123. The monoisotopic (exact) mass is 429 g/mol. The van der Waals surface area contributed by atoms with E-state index >= 15 is 0 Å². The molecule has 0 radical (unpaired) electrons. The quantitative estimate of drug-likeness (QED) is 0.750. The van der Waals surface area contributed by atoms with E-state index in [-0.39, 0.29) is 23.8 Å². The van der Waals surface area contributed by atoms with Gasteiger partial charge in [-0.25, -0.2) is 0 Å². The van der Waals surface area contributed by atoms with Crippen LogP contribution in [0.4, 0.5) is 11.4 Å². The van der Waals surface area contributed by atoms with Gasteiger partial charge >= 0.3 is 0 Å². The predicted octanol–water partition coefficient (Wildman–Crippen LogP) is 4.13. The van der Waals surface area contributed by atoms with Crippen molar-refractivity contribution < 1.29 is 9.59 Å². The summed E-state index contributed by atoms with van der Waals surface area (Å²) in [7, 11) is 0. The van der Waals surface area contributed by atoms with E-state index in [0.717, 1.165) is 41.8 Å². The van der Waals surface area contributed by atoms with Gasteiger partial charge in [0.15, 0.2) is 0 Å². The number of para-hydroxylation sites is 1. The highest BCUT2D eigenvalue weighted by molar-refractivity contribution is 9.10. The SMILES string of the molecule is C[C@H](C(=O)Nc1cccc(Br)c1)N1CCC(C(=O)Nc2ccccc2)CC1. The Labute approximate surface area is 168 Å². The Balaban J connectivity index is 1.49. The summed E-state index contributed by atoms with van der Waals surface area (Å²) >= 11 is 3.41. The van der Waals surface area contributed by atoms with Crippen LogP contribution in [0, 0.1) is 5.92 Å². The number of amides is 2. The molecule has 2 aromatic carbocycles. The van der Waals surface area contributed by atoms with E-state index in [1.807, 2.05) is 61.5 Å². The van der Waals surface area contributed by atoms with Crippen molar-refractivity contribution >= 4 is 39.1 Å². The molecule has 1 saturated heterocycles. The van der Waals surface area contributed by atoms with Crippen molar-refractivity contribution in [1.82, 2.24) is 4.90 Å². The molecule has 0 aliphatic carbocycles. The number of anilines is 2. The molecule has 1 aliphatic heterocycles. The maximum absolute atomic E-state index is 12.5. The molecule has 142 valence electrons. The predicted molar refractivity (Wildman–Crippen MR) is 112 cm³/mol. The number of hydrogen-bond donors (Lipinski definition) is 2. The molecule has 0 spiro atoms. The lowest BCUT2D eigenvalue weighted by Gasteiger charge is -2.34. The Kier molecular flexibility index (Phi) is 6.63. The lowest BCUT2D eigenvalue weighted by Crippen LogP contribution is -2.47. The number of halogens is 1. The molecule has 2 amide bonds. The fourth-order valence-corrected chi connectivity index (χ4v) is 3.69. The molecule has 6 heteroatoms. The van der Waals surface area contributed by atoms with Crippen molar-refractivity contribution in [3.63, 3.8) is 0 Å². The third-order valence-electron chi connectivity index (χ3n) is 4.96. The van der Waals surface area contributed by atoms with Crippen molar-refractivity contribution in [3.8, 4) is 0 Å². The number of piperidine rings is 1. The highest BCUT2D eigenvalue weighted by atomic mass is 79.9. The molecule has 1 atom stereocenters. The van der Waals surface area contributed by atoms with Crippen LogP contribution in [0.5, 0.6) is 0 Å². The molecule has 1 heterocycles. The zero-order chi connectivity index (χ0) is 19.2. The molecule has 0 unspecified atom stereocenters. The van der Waals surface area contributed by atoms with E-state index < -0.39 is 0 Å². The second kappa shape index (κ2) is 9.15. The average molecular weight is 430 g/mol. The van der Waals surface area contributed by atoms with E-state index in [2.05, 4.69) is 31.5 Å². The van der Waals surface area contributed by atoms with E-state index in [4.69, 9.17) is 0 Å². The maximum atomic E-state index is 12.5. The zero-order valence-corrected chi connectivity index (χ0v) is 16.9. The third-order valence-corrected chi connectivity index (χ3v) is 5.45. The van der Waals surface area contributed by atoms with Crippen LogP contribution in [0.1, 0.15) is 19.8 Å². The van der Waals surface area contributed by atoms with Gasteiger partial charge in [0.2, 0.25) is 11.8 Å². The minimum absolute atomic E-state index is 0.0122. The van der Waals surface area contributed by atoms with Crippen LogP contribution in [0.2, 0.25) is 0 Å². The molecule has 27 heavy (non-hydrogen) atoms. The maximum Gasteiger partial charge on any atom is 0.241 e. The average Bonchev–Trinajstić information content (AvgIpc) is 2.68. The largest absolute Gasteiger partial charge is 0.326 e.